The molecule has 1 aromatic rings. The summed E-state index contributed by atoms with van der Waals surface area (Å²) in [5.41, 5.74) is 1.08. The van der Waals surface area contributed by atoms with Gasteiger partial charge in [-0.3, -0.25) is 0 Å². The molecule has 1 aliphatic carbocycles. The highest BCUT2D eigenvalue weighted by atomic mass is 35.7. The van der Waals surface area contributed by atoms with Crippen LogP contribution in [0.15, 0.2) is 17.0 Å². The molecule has 2 nitrogen and oxygen atoms in total. The topological polar surface area (TPSA) is 34.1 Å². The molecule has 0 aromatic heterocycles. The van der Waals surface area contributed by atoms with Crippen molar-refractivity contribution in [2.45, 2.75) is 30.6 Å². The molecular weight excluding hydrogens is 239 g/mol. The maximum Gasteiger partial charge on any atom is 0.261 e. The molecule has 1 aliphatic rings. The lowest BCUT2D eigenvalue weighted by Crippen LogP contribution is -2.10. The molecule has 0 unspecified atom stereocenters. The second-order valence-corrected chi connectivity index (χ2v) is 6.18. The van der Waals surface area contributed by atoms with Crippen LogP contribution in [0, 0.1) is 5.82 Å². The number of fused-ring (bicyclic) bond motifs is 1. The van der Waals surface area contributed by atoms with E-state index in [1.807, 2.05) is 0 Å². The Bertz CT molecular complexity index is 496. The van der Waals surface area contributed by atoms with Gasteiger partial charge in [-0.15, -0.1) is 0 Å². The van der Waals surface area contributed by atoms with Gasteiger partial charge in [0.05, 0.1) is 4.90 Å². The normalized spacial score (nSPS) is 16.1. The Morgan fingerprint density at radius 3 is 2.33 bits per heavy atom. The number of halogens is 2. The first-order valence-corrected chi connectivity index (χ1v) is 7.06. The van der Waals surface area contributed by atoms with Crippen molar-refractivity contribution >= 4 is 19.7 Å². The van der Waals surface area contributed by atoms with Crippen molar-refractivity contribution in [3.8, 4) is 0 Å². The minimum Gasteiger partial charge on any atom is -0.207 e. The summed E-state index contributed by atoms with van der Waals surface area (Å²) in [4.78, 5) is 0.0697. The zero-order chi connectivity index (χ0) is 11.1. The lowest BCUT2D eigenvalue weighted by Gasteiger charge is -2.18. The second kappa shape index (κ2) is 3.76. The average molecular weight is 249 g/mol. The molecule has 1 aromatic carbocycles. The molecule has 0 saturated heterocycles. The highest BCUT2D eigenvalue weighted by molar-refractivity contribution is 8.13. The Morgan fingerprint density at radius 2 is 1.73 bits per heavy atom. The molecule has 0 saturated carbocycles. The minimum atomic E-state index is -3.76. The SMILES string of the molecule is O=S(=O)(Cl)c1ccc(F)c2c1CCCC2. The van der Waals surface area contributed by atoms with Crippen LogP contribution in [0.2, 0.25) is 0 Å². The van der Waals surface area contributed by atoms with Crippen molar-refractivity contribution in [2.75, 3.05) is 0 Å². The maximum atomic E-state index is 13.4. The van der Waals surface area contributed by atoms with Crippen LogP contribution in [-0.4, -0.2) is 8.42 Å². The molecule has 0 heterocycles. The Labute approximate surface area is 92.5 Å². The molecule has 15 heavy (non-hydrogen) atoms. The Hall–Kier alpha value is -0.610. The first-order chi connectivity index (χ1) is 7.00. The quantitative estimate of drug-likeness (QED) is 0.716. The molecule has 0 atom stereocenters. The van der Waals surface area contributed by atoms with E-state index in [1.54, 1.807) is 0 Å². The van der Waals surface area contributed by atoms with Crippen molar-refractivity contribution in [1.29, 1.82) is 0 Å². The predicted molar refractivity (Wildman–Crippen MR) is 56.1 cm³/mol. The maximum absolute atomic E-state index is 13.4. The van der Waals surface area contributed by atoms with Crippen LogP contribution >= 0.6 is 10.7 Å². The van der Waals surface area contributed by atoms with Crippen LogP contribution < -0.4 is 0 Å². The summed E-state index contributed by atoms with van der Waals surface area (Å²) in [5.74, 6) is -0.325. The Kier molecular flexibility index (Phi) is 2.73. The largest absolute Gasteiger partial charge is 0.261 e. The van der Waals surface area contributed by atoms with Gasteiger partial charge in [-0.05, 0) is 48.9 Å². The molecule has 0 aliphatic heterocycles. The van der Waals surface area contributed by atoms with Gasteiger partial charge >= 0.3 is 0 Å². The summed E-state index contributed by atoms with van der Waals surface area (Å²) in [6.07, 6.45) is 2.97. The van der Waals surface area contributed by atoms with Crippen LogP contribution in [0.25, 0.3) is 0 Å². The van der Waals surface area contributed by atoms with Crippen molar-refractivity contribution in [3.05, 3.63) is 29.1 Å². The third kappa shape index (κ3) is 2.01. The minimum absolute atomic E-state index is 0.0697. The van der Waals surface area contributed by atoms with Crippen molar-refractivity contribution in [2.24, 2.45) is 0 Å². The van der Waals surface area contributed by atoms with Crippen molar-refractivity contribution < 1.29 is 12.8 Å². The van der Waals surface area contributed by atoms with E-state index < -0.39 is 9.05 Å². The number of hydrogen-bond acceptors (Lipinski definition) is 2. The second-order valence-electron chi connectivity index (χ2n) is 3.65. The first kappa shape index (κ1) is 10.9. The van der Waals surface area contributed by atoms with E-state index in [0.29, 0.717) is 24.0 Å². The van der Waals surface area contributed by atoms with Gasteiger partial charge in [0, 0.05) is 10.7 Å². The van der Waals surface area contributed by atoms with Crippen LogP contribution in [0.4, 0.5) is 4.39 Å². The van der Waals surface area contributed by atoms with Crippen LogP contribution in [0.3, 0.4) is 0 Å². The molecule has 0 amide bonds. The number of rotatable bonds is 1. The highest BCUT2D eigenvalue weighted by Crippen LogP contribution is 2.30. The van der Waals surface area contributed by atoms with E-state index in [4.69, 9.17) is 10.7 Å². The van der Waals surface area contributed by atoms with Gasteiger partial charge in [0.15, 0.2) is 0 Å². The van der Waals surface area contributed by atoms with E-state index >= 15 is 0 Å². The summed E-state index contributed by atoms with van der Waals surface area (Å²) in [6, 6.07) is 2.43. The lowest BCUT2D eigenvalue weighted by atomic mass is 9.91. The predicted octanol–water partition coefficient (Wildman–Crippen LogP) is 2.63. The Balaban J connectivity index is 2.69. The van der Waals surface area contributed by atoms with Gasteiger partial charge in [-0.2, -0.15) is 0 Å². The standard InChI is InChI=1S/C10H10ClFO2S/c11-15(13,14)10-6-5-9(12)7-3-1-2-4-8(7)10/h5-6H,1-4H2. The summed E-state index contributed by atoms with van der Waals surface area (Å²) in [5, 5.41) is 0. The fraction of sp³-hybridized carbons (Fsp3) is 0.400. The van der Waals surface area contributed by atoms with Crippen LogP contribution in [0.1, 0.15) is 24.0 Å². The first-order valence-electron chi connectivity index (χ1n) is 4.75. The molecule has 0 fully saturated rings. The summed E-state index contributed by atoms with van der Waals surface area (Å²) in [7, 11) is 1.54. The summed E-state index contributed by atoms with van der Waals surface area (Å²) < 4.78 is 35.9. The van der Waals surface area contributed by atoms with E-state index in [2.05, 4.69) is 0 Å². The van der Waals surface area contributed by atoms with Crippen molar-refractivity contribution in [1.82, 2.24) is 0 Å². The molecular formula is C10H10ClFO2S. The average Bonchev–Trinajstić information content (AvgIpc) is 2.17. The van der Waals surface area contributed by atoms with Gasteiger partial charge in [0.25, 0.3) is 9.05 Å². The molecule has 0 N–H and O–H groups in total. The summed E-state index contributed by atoms with van der Waals surface area (Å²) in [6.45, 7) is 0. The zero-order valence-corrected chi connectivity index (χ0v) is 9.54. The number of benzene rings is 1. The monoisotopic (exact) mass is 248 g/mol. The number of hydrogen-bond donors (Lipinski definition) is 0. The van der Waals surface area contributed by atoms with E-state index in [-0.39, 0.29) is 10.7 Å². The zero-order valence-electron chi connectivity index (χ0n) is 7.96. The fourth-order valence-corrected chi connectivity index (χ4v) is 3.20. The molecule has 5 heteroatoms. The molecule has 0 radical (unpaired) electrons. The van der Waals surface area contributed by atoms with Gasteiger partial charge < -0.3 is 0 Å². The highest BCUT2D eigenvalue weighted by Gasteiger charge is 2.22. The van der Waals surface area contributed by atoms with Crippen molar-refractivity contribution in [3.63, 3.8) is 0 Å². The molecule has 0 bridgehead atoms. The molecule has 2 rings (SSSR count). The third-order valence-corrected chi connectivity index (χ3v) is 4.10. The van der Waals surface area contributed by atoms with Gasteiger partial charge in [-0.1, -0.05) is 0 Å². The smallest absolute Gasteiger partial charge is 0.207 e. The summed E-state index contributed by atoms with van der Waals surface area (Å²) >= 11 is 0. The fourth-order valence-electron chi connectivity index (χ4n) is 2.02. The lowest BCUT2D eigenvalue weighted by molar-refractivity contribution is 0.569. The van der Waals surface area contributed by atoms with Crippen LogP contribution in [-0.2, 0) is 21.9 Å². The third-order valence-electron chi connectivity index (χ3n) is 2.70. The van der Waals surface area contributed by atoms with Gasteiger partial charge in [0.1, 0.15) is 5.82 Å². The molecule has 0 spiro atoms. The van der Waals surface area contributed by atoms with E-state index in [9.17, 15) is 12.8 Å². The van der Waals surface area contributed by atoms with Gasteiger partial charge in [-0.25, -0.2) is 12.8 Å². The van der Waals surface area contributed by atoms with Gasteiger partial charge in [0.2, 0.25) is 0 Å². The van der Waals surface area contributed by atoms with E-state index in [1.165, 1.54) is 12.1 Å². The molecule has 82 valence electrons. The van der Waals surface area contributed by atoms with Crippen LogP contribution in [0.5, 0.6) is 0 Å². The van der Waals surface area contributed by atoms with E-state index in [0.717, 1.165) is 12.8 Å². The Morgan fingerprint density at radius 1 is 1.13 bits per heavy atom.